The van der Waals surface area contributed by atoms with Crippen LogP contribution in [-0.2, 0) is 0 Å². The second kappa shape index (κ2) is 7.28. The molecule has 5 heteroatoms. The predicted octanol–water partition coefficient (Wildman–Crippen LogP) is 3.60. The highest BCUT2D eigenvalue weighted by Gasteiger charge is 2.07. The summed E-state index contributed by atoms with van der Waals surface area (Å²) in [5.74, 6) is -0.284. The van der Waals surface area contributed by atoms with Crippen molar-refractivity contribution in [1.82, 2.24) is 15.0 Å². The molecule has 2 heterocycles. The minimum atomic E-state index is -0.284. The molecule has 1 N–H and O–H groups in total. The van der Waals surface area contributed by atoms with Crippen LogP contribution in [0.3, 0.4) is 0 Å². The maximum atomic E-state index is 12.2. The van der Waals surface area contributed by atoms with Crippen LogP contribution >= 0.6 is 0 Å². The number of aromatic nitrogens is 3. The molecular weight excluding hydrogens is 300 g/mol. The molecule has 0 fully saturated rings. The molecule has 0 spiro atoms. The summed E-state index contributed by atoms with van der Waals surface area (Å²) in [5.41, 5.74) is 3.60. The molecular formula is C19H16N4O. The van der Waals surface area contributed by atoms with Gasteiger partial charge in [-0.1, -0.05) is 24.3 Å². The third-order valence-electron chi connectivity index (χ3n) is 3.29. The highest BCUT2D eigenvalue weighted by atomic mass is 16.1. The van der Waals surface area contributed by atoms with Crippen LogP contribution in [-0.4, -0.2) is 20.9 Å². The molecule has 0 radical (unpaired) electrons. The number of nitrogens with zero attached hydrogens (tertiary/aromatic N) is 3. The highest BCUT2D eigenvalue weighted by molar-refractivity contribution is 6.02. The van der Waals surface area contributed by atoms with E-state index in [1.807, 2.05) is 61.5 Å². The fourth-order valence-electron chi connectivity index (χ4n) is 2.08. The smallest absolute Gasteiger partial charge is 0.275 e. The summed E-state index contributed by atoms with van der Waals surface area (Å²) in [7, 11) is 0. The Bertz CT molecular complexity index is 858. The van der Waals surface area contributed by atoms with E-state index in [-0.39, 0.29) is 11.6 Å². The van der Waals surface area contributed by atoms with E-state index in [2.05, 4.69) is 20.3 Å². The van der Waals surface area contributed by atoms with E-state index in [0.717, 1.165) is 17.0 Å². The Kier molecular flexibility index (Phi) is 4.72. The lowest BCUT2D eigenvalue weighted by Gasteiger charge is -2.05. The first kappa shape index (κ1) is 15.6. The Hall–Kier alpha value is -3.34. The number of hydrogen-bond donors (Lipinski definition) is 1. The quantitative estimate of drug-likeness (QED) is 0.798. The molecule has 2 aromatic heterocycles. The zero-order valence-corrected chi connectivity index (χ0v) is 13.2. The third kappa shape index (κ3) is 4.10. The van der Waals surface area contributed by atoms with Crippen molar-refractivity contribution in [2.45, 2.75) is 6.92 Å². The molecule has 1 amide bonds. The summed E-state index contributed by atoms with van der Waals surface area (Å²) < 4.78 is 0. The number of benzene rings is 1. The summed E-state index contributed by atoms with van der Waals surface area (Å²) in [6.45, 7) is 1.83. The van der Waals surface area contributed by atoms with Gasteiger partial charge in [0.25, 0.3) is 5.91 Å². The summed E-state index contributed by atoms with van der Waals surface area (Å²) in [6, 6.07) is 13.3. The van der Waals surface area contributed by atoms with E-state index in [9.17, 15) is 4.79 Å². The van der Waals surface area contributed by atoms with Crippen molar-refractivity contribution < 1.29 is 4.79 Å². The molecule has 3 aromatic rings. The maximum absolute atomic E-state index is 12.2. The van der Waals surface area contributed by atoms with Gasteiger partial charge in [-0.15, -0.1) is 0 Å². The number of aryl methyl sites for hydroxylation is 1. The molecule has 1 aromatic carbocycles. The van der Waals surface area contributed by atoms with Crippen molar-refractivity contribution in [3.63, 3.8) is 0 Å². The van der Waals surface area contributed by atoms with Gasteiger partial charge in [-0.25, -0.2) is 4.98 Å². The van der Waals surface area contributed by atoms with E-state index in [1.54, 1.807) is 12.4 Å². The van der Waals surface area contributed by atoms with Gasteiger partial charge in [-0.05, 0) is 42.8 Å². The lowest BCUT2D eigenvalue weighted by molar-refractivity contribution is 0.102. The molecule has 0 aliphatic rings. The van der Waals surface area contributed by atoms with Gasteiger partial charge < -0.3 is 5.32 Å². The van der Waals surface area contributed by atoms with Crippen LogP contribution in [0.1, 0.15) is 27.4 Å². The van der Waals surface area contributed by atoms with Gasteiger partial charge in [-0.2, -0.15) is 0 Å². The number of pyridine rings is 1. The van der Waals surface area contributed by atoms with Gasteiger partial charge in [0.15, 0.2) is 0 Å². The Morgan fingerprint density at radius 2 is 1.92 bits per heavy atom. The van der Waals surface area contributed by atoms with E-state index in [1.165, 1.54) is 6.20 Å². The average Bonchev–Trinajstić information content (AvgIpc) is 2.62. The van der Waals surface area contributed by atoms with Crippen LogP contribution in [0.4, 0.5) is 5.69 Å². The maximum Gasteiger partial charge on any atom is 0.275 e. The molecule has 5 nitrogen and oxygen atoms in total. The van der Waals surface area contributed by atoms with Gasteiger partial charge in [-0.3, -0.25) is 14.8 Å². The number of anilines is 1. The molecule has 0 saturated carbocycles. The second-order valence-corrected chi connectivity index (χ2v) is 5.21. The number of carbonyl (C=O) groups is 1. The van der Waals surface area contributed by atoms with Gasteiger partial charge in [0.1, 0.15) is 5.69 Å². The van der Waals surface area contributed by atoms with Crippen molar-refractivity contribution in [2.75, 3.05) is 5.32 Å². The average molecular weight is 316 g/mol. The van der Waals surface area contributed by atoms with Crippen molar-refractivity contribution in [3.8, 4) is 0 Å². The molecule has 0 bridgehead atoms. The SMILES string of the molecule is Cc1cnc(C(=O)Nc2cccc(C=Cc3ccccn3)c2)cn1. The van der Waals surface area contributed by atoms with Gasteiger partial charge in [0.2, 0.25) is 0 Å². The fourth-order valence-corrected chi connectivity index (χ4v) is 2.08. The number of rotatable bonds is 4. The summed E-state index contributed by atoms with van der Waals surface area (Å²) in [5, 5.41) is 2.83. The minimum Gasteiger partial charge on any atom is -0.321 e. The Labute approximate surface area is 140 Å². The largest absolute Gasteiger partial charge is 0.321 e. The summed E-state index contributed by atoms with van der Waals surface area (Å²) in [4.78, 5) is 24.6. The molecule has 0 atom stereocenters. The lowest BCUT2D eigenvalue weighted by Crippen LogP contribution is -2.14. The number of hydrogen-bond acceptors (Lipinski definition) is 4. The Balaban J connectivity index is 1.72. The third-order valence-corrected chi connectivity index (χ3v) is 3.29. The topological polar surface area (TPSA) is 67.8 Å². The molecule has 24 heavy (non-hydrogen) atoms. The normalized spacial score (nSPS) is 10.7. The molecule has 0 unspecified atom stereocenters. The van der Waals surface area contributed by atoms with Gasteiger partial charge >= 0.3 is 0 Å². The van der Waals surface area contributed by atoms with Crippen molar-refractivity contribution >= 4 is 23.7 Å². The first-order chi connectivity index (χ1) is 11.7. The Morgan fingerprint density at radius 1 is 1.00 bits per heavy atom. The van der Waals surface area contributed by atoms with E-state index in [0.29, 0.717) is 5.69 Å². The number of amides is 1. The highest BCUT2D eigenvalue weighted by Crippen LogP contribution is 2.14. The second-order valence-electron chi connectivity index (χ2n) is 5.21. The molecule has 0 aliphatic heterocycles. The standard InChI is InChI=1S/C19H16N4O/c1-14-12-22-18(13-21-14)19(24)23-17-7-4-5-15(11-17)8-9-16-6-2-3-10-20-16/h2-13H,1H3,(H,23,24). The van der Waals surface area contributed by atoms with Crippen molar-refractivity contribution in [1.29, 1.82) is 0 Å². The van der Waals surface area contributed by atoms with Crippen LogP contribution in [0.25, 0.3) is 12.2 Å². The zero-order chi connectivity index (χ0) is 16.8. The van der Waals surface area contributed by atoms with Crippen LogP contribution in [0.15, 0.2) is 61.1 Å². The monoisotopic (exact) mass is 316 g/mol. The van der Waals surface area contributed by atoms with E-state index >= 15 is 0 Å². The van der Waals surface area contributed by atoms with E-state index in [4.69, 9.17) is 0 Å². The van der Waals surface area contributed by atoms with Crippen LogP contribution in [0.5, 0.6) is 0 Å². The van der Waals surface area contributed by atoms with Gasteiger partial charge in [0.05, 0.1) is 17.6 Å². The van der Waals surface area contributed by atoms with Crippen molar-refractivity contribution in [3.05, 3.63) is 83.7 Å². The minimum absolute atomic E-state index is 0.284. The summed E-state index contributed by atoms with van der Waals surface area (Å²) >= 11 is 0. The number of nitrogens with one attached hydrogen (secondary N) is 1. The van der Waals surface area contributed by atoms with Crippen molar-refractivity contribution in [2.24, 2.45) is 0 Å². The summed E-state index contributed by atoms with van der Waals surface area (Å²) in [6.07, 6.45) is 8.66. The number of carbonyl (C=O) groups excluding carboxylic acids is 1. The Morgan fingerprint density at radius 3 is 2.67 bits per heavy atom. The van der Waals surface area contributed by atoms with Gasteiger partial charge in [0, 0.05) is 18.1 Å². The fraction of sp³-hybridized carbons (Fsp3) is 0.0526. The van der Waals surface area contributed by atoms with Crippen LogP contribution in [0.2, 0.25) is 0 Å². The molecule has 118 valence electrons. The van der Waals surface area contributed by atoms with Crippen LogP contribution in [0, 0.1) is 6.92 Å². The molecule has 0 aliphatic carbocycles. The molecule has 3 rings (SSSR count). The van der Waals surface area contributed by atoms with E-state index < -0.39 is 0 Å². The molecule has 0 saturated heterocycles. The first-order valence-electron chi connectivity index (χ1n) is 7.50. The first-order valence-corrected chi connectivity index (χ1v) is 7.50. The predicted molar refractivity (Wildman–Crippen MR) is 94.3 cm³/mol. The lowest BCUT2D eigenvalue weighted by atomic mass is 10.1. The van der Waals surface area contributed by atoms with Crippen LogP contribution < -0.4 is 5.32 Å². The zero-order valence-electron chi connectivity index (χ0n) is 13.2.